The second-order valence-corrected chi connectivity index (χ2v) is 5.49. The quantitative estimate of drug-likeness (QED) is 0.727. The van der Waals surface area contributed by atoms with Crippen LogP contribution in [0.4, 0.5) is 11.5 Å². The molecule has 5 heteroatoms. The number of rotatable bonds is 3. The number of thioether (sulfide) groups is 1. The molecule has 2 heterocycles. The average molecular weight is 273 g/mol. The highest BCUT2D eigenvalue weighted by Gasteiger charge is 2.04. The van der Waals surface area contributed by atoms with E-state index in [9.17, 15) is 0 Å². The zero-order valence-electron chi connectivity index (χ0n) is 9.75. The van der Waals surface area contributed by atoms with Crippen molar-refractivity contribution in [2.24, 2.45) is 0 Å². The maximum atomic E-state index is 4.31. The summed E-state index contributed by atoms with van der Waals surface area (Å²) in [5.74, 6) is 0.861. The molecule has 0 fully saturated rings. The zero-order chi connectivity index (χ0) is 12.4. The Balaban J connectivity index is 1.98. The van der Waals surface area contributed by atoms with Crippen LogP contribution in [0.3, 0.4) is 0 Å². The third-order valence-corrected chi connectivity index (χ3v) is 4.14. The Hall–Kier alpha value is -1.59. The molecule has 0 spiro atoms. The van der Waals surface area contributed by atoms with Crippen molar-refractivity contribution >= 4 is 44.8 Å². The van der Waals surface area contributed by atoms with Gasteiger partial charge in [-0.3, -0.25) is 0 Å². The number of aromatic nitrogens is 2. The van der Waals surface area contributed by atoms with E-state index in [0.717, 1.165) is 21.7 Å². The molecule has 0 aliphatic carbocycles. The first-order valence-corrected chi connectivity index (χ1v) is 7.56. The lowest BCUT2D eigenvalue weighted by Gasteiger charge is -2.07. The van der Waals surface area contributed by atoms with Gasteiger partial charge in [-0.25, -0.2) is 9.97 Å². The highest BCUT2D eigenvalue weighted by molar-refractivity contribution is 7.98. The SMILES string of the molecule is CSc1cccc(Nc2ncnc3sccc23)c1. The molecule has 90 valence electrons. The monoisotopic (exact) mass is 273 g/mol. The molecule has 0 amide bonds. The lowest BCUT2D eigenvalue weighted by Crippen LogP contribution is -1.94. The van der Waals surface area contributed by atoms with Crippen molar-refractivity contribution in [3.8, 4) is 0 Å². The summed E-state index contributed by atoms with van der Waals surface area (Å²) in [4.78, 5) is 10.8. The summed E-state index contributed by atoms with van der Waals surface area (Å²) in [5, 5.41) is 6.45. The van der Waals surface area contributed by atoms with Crippen LogP contribution in [0.5, 0.6) is 0 Å². The number of anilines is 2. The van der Waals surface area contributed by atoms with Gasteiger partial charge < -0.3 is 5.32 Å². The molecule has 0 aliphatic rings. The third-order valence-electron chi connectivity index (χ3n) is 2.59. The molecule has 0 aliphatic heterocycles. The van der Waals surface area contributed by atoms with E-state index < -0.39 is 0 Å². The van der Waals surface area contributed by atoms with Crippen molar-refractivity contribution < 1.29 is 0 Å². The van der Waals surface area contributed by atoms with Gasteiger partial charge in [0.2, 0.25) is 0 Å². The van der Waals surface area contributed by atoms with Gasteiger partial charge in [0.05, 0.1) is 5.39 Å². The van der Waals surface area contributed by atoms with E-state index >= 15 is 0 Å². The van der Waals surface area contributed by atoms with Gasteiger partial charge in [0.25, 0.3) is 0 Å². The number of fused-ring (bicyclic) bond motifs is 1. The molecule has 2 aromatic heterocycles. The number of benzene rings is 1. The molecule has 0 saturated heterocycles. The van der Waals surface area contributed by atoms with Crippen LogP contribution in [-0.4, -0.2) is 16.2 Å². The molecule has 18 heavy (non-hydrogen) atoms. The molecule has 3 aromatic rings. The van der Waals surface area contributed by atoms with E-state index in [-0.39, 0.29) is 0 Å². The Morgan fingerprint density at radius 2 is 2.17 bits per heavy atom. The van der Waals surface area contributed by atoms with Crippen molar-refractivity contribution in [3.63, 3.8) is 0 Å². The molecule has 0 saturated carbocycles. The van der Waals surface area contributed by atoms with Crippen molar-refractivity contribution in [3.05, 3.63) is 42.0 Å². The van der Waals surface area contributed by atoms with Crippen molar-refractivity contribution in [1.29, 1.82) is 0 Å². The molecule has 3 nitrogen and oxygen atoms in total. The molecule has 0 bridgehead atoms. The smallest absolute Gasteiger partial charge is 0.142 e. The summed E-state index contributed by atoms with van der Waals surface area (Å²) in [7, 11) is 0. The minimum atomic E-state index is 0.861. The fraction of sp³-hybridized carbons (Fsp3) is 0.0769. The first kappa shape index (κ1) is 11.5. The van der Waals surface area contributed by atoms with Gasteiger partial charge in [0, 0.05) is 10.6 Å². The standard InChI is InChI=1S/C13H11N3S2/c1-17-10-4-2-3-9(7-10)16-12-11-5-6-18-13(11)15-8-14-12/h2-8H,1H3,(H,14,15,16). The third kappa shape index (κ3) is 2.19. The van der Waals surface area contributed by atoms with E-state index in [1.54, 1.807) is 29.4 Å². The van der Waals surface area contributed by atoms with Crippen LogP contribution in [0.2, 0.25) is 0 Å². The topological polar surface area (TPSA) is 37.8 Å². The minimum absolute atomic E-state index is 0.861. The average Bonchev–Trinajstić information content (AvgIpc) is 2.88. The van der Waals surface area contributed by atoms with Crippen LogP contribution in [0.1, 0.15) is 0 Å². The van der Waals surface area contributed by atoms with Gasteiger partial charge in [-0.15, -0.1) is 23.1 Å². The van der Waals surface area contributed by atoms with Crippen LogP contribution in [-0.2, 0) is 0 Å². The second kappa shape index (κ2) is 4.96. The van der Waals surface area contributed by atoms with Gasteiger partial charge in [-0.2, -0.15) is 0 Å². The molecular formula is C13H11N3S2. The normalized spacial score (nSPS) is 10.7. The van der Waals surface area contributed by atoms with Crippen LogP contribution in [0.15, 0.2) is 46.9 Å². The fourth-order valence-electron chi connectivity index (χ4n) is 1.73. The number of nitrogens with one attached hydrogen (secondary N) is 1. The molecule has 0 atom stereocenters. The summed E-state index contributed by atoms with van der Waals surface area (Å²) in [6, 6.07) is 10.3. The van der Waals surface area contributed by atoms with E-state index in [2.05, 4.69) is 33.7 Å². The Morgan fingerprint density at radius 1 is 1.22 bits per heavy atom. The van der Waals surface area contributed by atoms with Gasteiger partial charge >= 0.3 is 0 Å². The molecule has 3 rings (SSSR count). The van der Waals surface area contributed by atoms with Crippen molar-refractivity contribution in [1.82, 2.24) is 9.97 Å². The predicted octanol–water partition coefficient (Wildman–Crippen LogP) is 4.16. The molecule has 1 aromatic carbocycles. The van der Waals surface area contributed by atoms with Crippen LogP contribution in [0.25, 0.3) is 10.2 Å². The van der Waals surface area contributed by atoms with Gasteiger partial charge in [-0.05, 0) is 35.9 Å². The first-order valence-electron chi connectivity index (χ1n) is 5.46. The number of nitrogens with zero attached hydrogens (tertiary/aromatic N) is 2. The van der Waals surface area contributed by atoms with Crippen LogP contribution >= 0.6 is 23.1 Å². The summed E-state index contributed by atoms with van der Waals surface area (Å²) in [6.45, 7) is 0. The van der Waals surface area contributed by atoms with E-state index in [1.165, 1.54) is 4.90 Å². The van der Waals surface area contributed by atoms with Crippen LogP contribution in [0, 0.1) is 0 Å². The maximum Gasteiger partial charge on any atom is 0.142 e. The highest BCUT2D eigenvalue weighted by Crippen LogP contribution is 2.27. The van der Waals surface area contributed by atoms with Crippen molar-refractivity contribution in [2.75, 3.05) is 11.6 Å². The number of hydrogen-bond donors (Lipinski definition) is 1. The van der Waals surface area contributed by atoms with Gasteiger partial charge in [0.15, 0.2) is 0 Å². The van der Waals surface area contributed by atoms with E-state index in [0.29, 0.717) is 0 Å². The summed E-state index contributed by atoms with van der Waals surface area (Å²) < 4.78 is 0. The largest absolute Gasteiger partial charge is 0.340 e. The Labute approximate surface area is 113 Å². The molecule has 1 N–H and O–H groups in total. The van der Waals surface area contributed by atoms with Crippen molar-refractivity contribution in [2.45, 2.75) is 4.90 Å². The van der Waals surface area contributed by atoms with E-state index in [1.807, 2.05) is 23.6 Å². The van der Waals surface area contributed by atoms with Gasteiger partial charge in [-0.1, -0.05) is 6.07 Å². The van der Waals surface area contributed by atoms with Crippen LogP contribution < -0.4 is 5.32 Å². The lowest BCUT2D eigenvalue weighted by atomic mass is 10.3. The summed E-state index contributed by atoms with van der Waals surface area (Å²) in [6.07, 6.45) is 3.67. The predicted molar refractivity (Wildman–Crippen MR) is 78.9 cm³/mol. The first-order chi connectivity index (χ1) is 8.86. The Kier molecular flexibility index (Phi) is 3.17. The molecule has 0 unspecified atom stereocenters. The van der Waals surface area contributed by atoms with Gasteiger partial charge in [0.1, 0.15) is 17.0 Å². The lowest BCUT2D eigenvalue weighted by molar-refractivity contribution is 1.23. The highest BCUT2D eigenvalue weighted by atomic mass is 32.2. The summed E-state index contributed by atoms with van der Waals surface area (Å²) >= 11 is 3.35. The minimum Gasteiger partial charge on any atom is -0.340 e. The Morgan fingerprint density at radius 3 is 3.06 bits per heavy atom. The number of hydrogen-bond acceptors (Lipinski definition) is 5. The summed E-state index contributed by atoms with van der Waals surface area (Å²) in [5.41, 5.74) is 1.05. The zero-order valence-corrected chi connectivity index (χ0v) is 11.4. The number of thiophene rings is 1. The fourth-order valence-corrected chi connectivity index (χ4v) is 2.92. The van der Waals surface area contributed by atoms with E-state index in [4.69, 9.17) is 0 Å². The molecular weight excluding hydrogens is 262 g/mol. The second-order valence-electron chi connectivity index (χ2n) is 3.72. The maximum absolute atomic E-state index is 4.31. The Bertz CT molecular complexity index is 679. The molecule has 0 radical (unpaired) electrons.